The largest absolute Gasteiger partial charge is 0.379 e. The van der Waals surface area contributed by atoms with Crippen LogP contribution < -0.4 is 5.32 Å². The second kappa shape index (κ2) is 10.1. The summed E-state index contributed by atoms with van der Waals surface area (Å²) >= 11 is 0. The maximum atomic E-state index is 5.57. The maximum Gasteiger partial charge on any atom is 0.193 e. The highest BCUT2D eigenvalue weighted by molar-refractivity contribution is 5.80. The quantitative estimate of drug-likeness (QED) is 0.492. The van der Waals surface area contributed by atoms with Crippen molar-refractivity contribution in [3.63, 3.8) is 0 Å². The van der Waals surface area contributed by atoms with Gasteiger partial charge in [-0.25, -0.2) is 0 Å². The highest BCUT2D eigenvalue weighted by Crippen LogP contribution is 2.19. The van der Waals surface area contributed by atoms with Crippen molar-refractivity contribution in [2.75, 3.05) is 33.3 Å². The summed E-state index contributed by atoms with van der Waals surface area (Å²) in [5.74, 6) is 1.01. The van der Waals surface area contributed by atoms with Gasteiger partial charge in [-0.15, -0.1) is 0 Å². The lowest BCUT2D eigenvalue weighted by Gasteiger charge is -2.31. The molecule has 0 spiro atoms. The van der Waals surface area contributed by atoms with Gasteiger partial charge in [0.15, 0.2) is 5.96 Å². The van der Waals surface area contributed by atoms with E-state index in [0.717, 1.165) is 51.5 Å². The van der Waals surface area contributed by atoms with E-state index in [9.17, 15) is 0 Å². The van der Waals surface area contributed by atoms with Crippen molar-refractivity contribution in [1.29, 1.82) is 0 Å². The number of rotatable bonds is 6. The van der Waals surface area contributed by atoms with Crippen LogP contribution in [0.2, 0.25) is 0 Å². The Balaban J connectivity index is 1.74. The van der Waals surface area contributed by atoms with E-state index in [2.05, 4.69) is 65.5 Å². The Morgan fingerprint density at radius 2 is 1.96 bits per heavy atom. The normalized spacial score (nSPS) is 15.8. The van der Waals surface area contributed by atoms with E-state index >= 15 is 0 Å². The van der Waals surface area contributed by atoms with E-state index in [0.29, 0.717) is 6.10 Å². The first-order chi connectivity index (χ1) is 11.7. The number of aliphatic imine (C=N–C) groups is 1. The van der Waals surface area contributed by atoms with Crippen molar-refractivity contribution in [2.24, 2.45) is 4.99 Å². The molecule has 1 aromatic carbocycles. The predicted molar refractivity (Wildman–Crippen MR) is 102 cm³/mol. The van der Waals surface area contributed by atoms with Gasteiger partial charge in [0, 0.05) is 33.3 Å². The van der Waals surface area contributed by atoms with Gasteiger partial charge in [-0.1, -0.05) is 42.0 Å². The van der Waals surface area contributed by atoms with Crippen LogP contribution in [0.1, 0.15) is 38.7 Å². The molecular formula is C20H31N3O. The number of nitrogens with one attached hydrogen (secondary N) is 1. The van der Waals surface area contributed by atoms with E-state index < -0.39 is 0 Å². The summed E-state index contributed by atoms with van der Waals surface area (Å²) in [4.78, 5) is 6.78. The standard InChI is InChI=1S/C20H31N3O/c1-17(2)24-15-7-12-22-20(21-3)23-13-10-19(11-14-23)16-18-8-5-4-6-9-18/h4-6,8-9,16-17H,7,10-15H2,1-3H3,(H,21,22). The number of hydrogen-bond donors (Lipinski definition) is 1. The highest BCUT2D eigenvalue weighted by atomic mass is 16.5. The number of benzene rings is 1. The minimum Gasteiger partial charge on any atom is -0.379 e. The van der Waals surface area contributed by atoms with Crippen LogP contribution in [0.15, 0.2) is 40.9 Å². The molecule has 0 radical (unpaired) electrons. The summed E-state index contributed by atoms with van der Waals surface area (Å²) in [6.07, 6.45) is 5.85. The number of guanidine groups is 1. The predicted octanol–water partition coefficient (Wildman–Crippen LogP) is 3.56. The van der Waals surface area contributed by atoms with Gasteiger partial charge in [0.1, 0.15) is 0 Å². The Kier molecular flexibility index (Phi) is 7.83. The van der Waals surface area contributed by atoms with E-state index in [-0.39, 0.29) is 0 Å². The zero-order chi connectivity index (χ0) is 17.2. The molecule has 1 fully saturated rings. The Morgan fingerprint density at radius 1 is 1.25 bits per heavy atom. The zero-order valence-corrected chi connectivity index (χ0v) is 15.3. The summed E-state index contributed by atoms with van der Waals surface area (Å²) in [6.45, 7) is 7.90. The average molecular weight is 329 g/mol. The molecule has 1 saturated heterocycles. The Morgan fingerprint density at radius 3 is 2.58 bits per heavy atom. The maximum absolute atomic E-state index is 5.57. The number of piperidine rings is 1. The van der Waals surface area contributed by atoms with Crippen LogP contribution in [0.25, 0.3) is 6.08 Å². The Bertz CT molecular complexity index is 527. The van der Waals surface area contributed by atoms with Crippen molar-refractivity contribution in [3.8, 4) is 0 Å². The topological polar surface area (TPSA) is 36.9 Å². The minimum absolute atomic E-state index is 0.307. The molecule has 4 nitrogen and oxygen atoms in total. The van der Waals surface area contributed by atoms with Crippen LogP contribution in [-0.4, -0.2) is 50.3 Å². The van der Waals surface area contributed by atoms with Gasteiger partial charge in [-0.05, 0) is 38.7 Å². The first-order valence-corrected chi connectivity index (χ1v) is 9.00. The summed E-state index contributed by atoms with van der Waals surface area (Å²) in [7, 11) is 1.86. The van der Waals surface area contributed by atoms with Crippen LogP contribution in [0, 0.1) is 0 Å². The van der Waals surface area contributed by atoms with Crippen LogP contribution in [0.3, 0.4) is 0 Å². The molecule has 2 rings (SSSR count). The second-order valence-electron chi connectivity index (χ2n) is 6.45. The molecule has 0 bridgehead atoms. The number of likely N-dealkylation sites (tertiary alicyclic amines) is 1. The first-order valence-electron chi connectivity index (χ1n) is 9.00. The molecule has 1 N–H and O–H groups in total. The van der Waals surface area contributed by atoms with Gasteiger partial charge in [0.05, 0.1) is 6.10 Å². The smallest absolute Gasteiger partial charge is 0.193 e. The number of hydrogen-bond acceptors (Lipinski definition) is 2. The van der Waals surface area contributed by atoms with E-state index in [1.807, 2.05) is 7.05 Å². The molecule has 4 heteroatoms. The van der Waals surface area contributed by atoms with E-state index in [4.69, 9.17) is 4.74 Å². The third kappa shape index (κ3) is 6.36. The van der Waals surface area contributed by atoms with Crippen molar-refractivity contribution in [3.05, 3.63) is 41.5 Å². The third-order valence-corrected chi connectivity index (χ3v) is 4.14. The molecular weight excluding hydrogens is 298 g/mol. The lowest BCUT2D eigenvalue weighted by atomic mass is 10.0. The lowest BCUT2D eigenvalue weighted by Crippen LogP contribution is -2.44. The summed E-state index contributed by atoms with van der Waals surface area (Å²) in [5.41, 5.74) is 2.83. The van der Waals surface area contributed by atoms with Gasteiger partial charge in [0.25, 0.3) is 0 Å². The lowest BCUT2D eigenvalue weighted by molar-refractivity contribution is 0.0775. The monoisotopic (exact) mass is 329 g/mol. The van der Waals surface area contributed by atoms with Crippen molar-refractivity contribution < 1.29 is 4.74 Å². The molecule has 132 valence electrons. The molecule has 1 heterocycles. The van der Waals surface area contributed by atoms with E-state index in [1.54, 1.807) is 0 Å². The van der Waals surface area contributed by atoms with Crippen molar-refractivity contribution in [2.45, 2.75) is 39.2 Å². The Hall–Kier alpha value is -1.81. The fourth-order valence-corrected chi connectivity index (χ4v) is 2.86. The number of ether oxygens (including phenoxy) is 1. The average Bonchev–Trinajstić information content (AvgIpc) is 2.60. The van der Waals surface area contributed by atoms with Crippen molar-refractivity contribution in [1.82, 2.24) is 10.2 Å². The molecule has 0 amide bonds. The molecule has 0 aromatic heterocycles. The fraction of sp³-hybridized carbons (Fsp3) is 0.550. The molecule has 1 aliphatic rings. The summed E-state index contributed by atoms with van der Waals surface area (Å²) in [6, 6.07) is 10.6. The fourth-order valence-electron chi connectivity index (χ4n) is 2.86. The summed E-state index contributed by atoms with van der Waals surface area (Å²) in [5, 5.41) is 3.45. The molecule has 1 aliphatic heterocycles. The van der Waals surface area contributed by atoms with Gasteiger partial charge >= 0.3 is 0 Å². The van der Waals surface area contributed by atoms with Crippen LogP contribution in [-0.2, 0) is 4.74 Å². The summed E-state index contributed by atoms with van der Waals surface area (Å²) < 4.78 is 5.57. The van der Waals surface area contributed by atoms with Crippen LogP contribution in [0.5, 0.6) is 0 Å². The van der Waals surface area contributed by atoms with Gasteiger partial charge in [-0.3, -0.25) is 4.99 Å². The second-order valence-corrected chi connectivity index (χ2v) is 6.45. The first kappa shape index (κ1) is 18.5. The van der Waals surface area contributed by atoms with Crippen LogP contribution in [0.4, 0.5) is 0 Å². The minimum atomic E-state index is 0.307. The molecule has 0 saturated carbocycles. The zero-order valence-electron chi connectivity index (χ0n) is 15.3. The van der Waals surface area contributed by atoms with Gasteiger partial charge < -0.3 is 15.0 Å². The molecule has 1 aromatic rings. The van der Waals surface area contributed by atoms with Gasteiger partial charge in [-0.2, -0.15) is 0 Å². The molecule has 0 atom stereocenters. The van der Waals surface area contributed by atoms with Crippen molar-refractivity contribution >= 4 is 12.0 Å². The van der Waals surface area contributed by atoms with E-state index in [1.165, 1.54) is 11.1 Å². The Labute approximate surface area is 146 Å². The number of nitrogens with zero attached hydrogens (tertiary/aromatic N) is 2. The highest BCUT2D eigenvalue weighted by Gasteiger charge is 2.16. The van der Waals surface area contributed by atoms with Gasteiger partial charge in [0.2, 0.25) is 0 Å². The third-order valence-electron chi connectivity index (χ3n) is 4.14. The van der Waals surface area contributed by atoms with Crippen LogP contribution >= 0.6 is 0 Å². The molecule has 0 unspecified atom stereocenters. The molecule has 24 heavy (non-hydrogen) atoms. The SMILES string of the molecule is CN=C(NCCCOC(C)C)N1CCC(=Cc2ccccc2)CC1. The molecule has 0 aliphatic carbocycles.